The number of fused-ring (bicyclic) bond motifs is 1. The minimum Gasteiger partial charge on any atom is -0.357 e. The molecule has 0 aliphatic carbocycles. The van der Waals surface area contributed by atoms with Crippen LogP contribution in [0.15, 0.2) is 30.5 Å². The van der Waals surface area contributed by atoms with Crippen LogP contribution in [0.5, 0.6) is 0 Å². The molecule has 0 bridgehead atoms. The van der Waals surface area contributed by atoms with Gasteiger partial charge in [-0.2, -0.15) is 18.3 Å². The van der Waals surface area contributed by atoms with E-state index in [1.54, 1.807) is 18.3 Å². The van der Waals surface area contributed by atoms with Crippen LogP contribution < -0.4 is 10.6 Å². The fourth-order valence-corrected chi connectivity index (χ4v) is 4.64. The van der Waals surface area contributed by atoms with E-state index in [-0.39, 0.29) is 16.8 Å². The van der Waals surface area contributed by atoms with Crippen molar-refractivity contribution in [1.82, 2.24) is 20.2 Å². The van der Waals surface area contributed by atoms with Crippen LogP contribution >= 0.6 is 0 Å². The number of rotatable bonds is 5. The van der Waals surface area contributed by atoms with Crippen LogP contribution in [0.4, 0.5) is 19.0 Å². The molecule has 1 fully saturated rings. The molecule has 6 nitrogen and oxygen atoms in total. The highest BCUT2D eigenvalue weighted by Crippen LogP contribution is 2.41. The minimum absolute atomic E-state index is 0.0868. The zero-order valence-electron chi connectivity index (χ0n) is 17.7. The topological polar surface area (TPSA) is 83.7 Å². The van der Waals surface area contributed by atoms with Crippen molar-refractivity contribution in [2.24, 2.45) is 17.1 Å². The molecule has 0 aromatic carbocycles. The van der Waals surface area contributed by atoms with Gasteiger partial charge < -0.3 is 10.6 Å². The number of alkyl halides is 3. The molecule has 1 saturated heterocycles. The maximum Gasteiger partial charge on any atom is 0.418 e. The molecule has 3 aromatic rings. The number of hydrogen-bond acceptors (Lipinski definition) is 5. The summed E-state index contributed by atoms with van der Waals surface area (Å²) in [6, 6.07) is 5.92. The third-order valence-electron chi connectivity index (χ3n) is 6.17. The number of anilines is 1. The van der Waals surface area contributed by atoms with Gasteiger partial charge in [0.05, 0.1) is 5.56 Å². The quantitative estimate of drug-likeness (QED) is 0.614. The Kier molecular flexibility index (Phi) is 5.63. The lowest BCUT2D eigenvalue weighted by Crippen LogP contribution is -2.45. The normalized spacial score (nSPS) is 16.9. The highest BCUT2D eigenvalue weighted by Gasteiger charge is 2.38. The molecule has 0 saturated carbocycles. The molecule has 0 spiro atoms. The van der Waals surface area contributed by atoms with Crippen molar-refractivity contribution in [2.75, 3.05) is 24.5 Å². The van der Waals surface area contributed by atoms with Gasteiger partial charge in [-0.05, 0) is 61.4 Å². The molecule has 9 heteroatoms. The first kappa shape index (κ1) is 21.5. The lowest BCUT2D eigenvalue weighted by molar-refractivity contribution is -0.137. The van der Waals surface area contributed by atoms with Crippen molar-refractivity contribution >= 4 is 16.9 Å². The molecule has 4 rings (SSSR count). The predicted molar refractivity (Wildman–Crippen MR) is 115 cm³/mol. The van der Waals surface area contributed by atoms with Gasteiger partial charge in [0.1, 0.15) is 17.2 Å². The van der Waals surface area contributed by atoms with Crippen LogP contribution in [-0.2, 0) is 6.18 Å². The predicted octanol–water partition coefficient (Wildman–Crippen LogP) is 4.63. The molecule has 0 unspecified atom stereocenters. The number of nitrogens with one attached hydrogen (secondary N) is 1. The Bertz CT molecular complexity index is 1050. The molecule has 1 aliphatic rings. The van der Waals surface area contributed by atoms with E-state index in [1.165, 1.54) is 6.07 Å². The lowest BCUT2D eigenvalue weighted by Gasteiger charge is -2.42. The Hall–Kier alpha value is -2.68. The van der Waals surface area contributed by atoms with Crippen molar-refractivity contribution in [1.29, 1.82) is 0 Å². The number of halogens is 3. The van der Waals surface area contributed by atoms with E-state index in [9.17, 15) is 13.2 Å². The van der Waals surface area contributed by atoms with Crippen molar-refractivity contribution in [3.8, 4) is 11.4 Å². The van der Waals surface area contributed by atoms with E-state index < -0.39 is 11.7 Å². The molecule has 31 heavy (non-hydrogen) atoms. The number of nitrogens with zero attached hydrogens (tertiary/aromatic N) is 4. The third kappa shape index (κ3) is 4.23. The fraction of sp³-hybridized carbons (Fsp3) is 0.500. The Morgan fingerprint density at radius 2 is 1.90 bits per heavy atom. The van der Waals surface area contributed by atoms with Crippen molar-refractivity contribution in [2.45, 2.75) is 39.3 Å². The number of hydrogen-bond donors (Lipinski definition) is 2. The van der Waals surface area contributed by atoms with Crippen LogP contribution in [0.3, 0.4) is 0 Å². The lowest BCUT2D eigenvalue weighted by atomic mass is 9.73. The van der Waals surface area contributed by atoms with Crippen LogP contribution in [0.1, 0.15) is 38.7 Å². The number of aromatic amines is 1. The van der Waals surface area contributed by atoms with Gasteiger partial charge in [0.15, 0.2) is 5.65 Å². The number of piperidine rings is 1. The Morgan fingerprint density at radius 3 is 2.55 bits per heavy atom. The average Bonchev–Trinajstić information content (AvgIpc) is 3.17. The molecule has 3 N–H and O–H groups in total. The second-order valence-corrected chi connectivity index (χ2v) is 8.82. The summed E-state index contributed by atoms with van der Waals surface area (Å²) in [6.07, 6.45) is -0.130. The minimum atomic E-state index is -4.54. The van der Waals surface area contributed by atoms with Gasteiger partial charge in [-0.25, -0.2) is 9.97 Å². The maximum absolute atomic E-state index is 13.8. The van der Waals surface area contributed by atoms with Gasteiger partial charge in [-0.1, -0.05) is 13.8 Å². The standard InChI is InChI=1S/C22H27F3N6/c1-14(2)12-21(13-26)7-10-31(11-8-21)17-6-5-16(22(23,24)25)19(28-17)18-15-4-3-9-27-20(15)30-29-18/h3-6,9,14H,7-8,10-13,26H2,1-2H3,(H,27,29,30). The zero-order chi connectivity index (χ0) is 22.2. The summed E-state index contributed by atoms with van der Waals surface area (Å²) in [5.74, 6) is 1.07. The van der Waals surface area contributed by atoms with Gasteiger partial charge in [-0.15, -0.1) is 0 Å². The van der Waals surface area contributed by atoms with Crippen LogP contribution in [0.25, 0.3) is 22.4 Å². The van der Waals surface area contributed by atoms with Gasteiger partial charge in [0.2, 0.25) is 0 Å². The molecular formula is C22H27F3N6. The third-order valence-corrected chi connectivity index (χ3v) is 6.17. The number of pyridine rings is 2. The second kappa shape index (κ2) is 8.11. The Labute approximate surface area is 179 Å². The van der Waals surface area contributed by atoms with Crippen molar-refractivity contribution < 1.29 is 13.2 Å². The monoisotopic (exact) mass is 432 g/mol. The van der Waals surface area contributed by atoms with Gasteiger partial charge in [0.25, 0.3) is 0 Å². The maximum atomic E-state index is 13.8. The molecule has 3 aromatic heterocycles. The van der Waals surface area contributed by atoms with Gasteiger partial charge in [0, 0.05) is 24.7 Å². The molecule has 0 atom stereocenters. The SMILES string of the molecule is CC(C)CC1(CN)CCN(c2ccc(C(F)(F)F)c(-c3n[nH]c4ncccc34)n2)CC1. The van der Waals surface area contributed by atoms with Crippen LogP contribution in [0.2, 0.25) is 0 Å². The second-order valence-electron chi connectivity index (χ2n) is 8.82. The number of nitrogens with two attached hydrogens (primary N) is 1. The first-order chi connectivity index (χ1) is 14.7. The first-order valence-electron chi connectivity index (χ1n) is 10.6. The number of aromatic nitrogens is 4. The summed E-state index contributed by atoms with van der Waals surface area (Å²) in [5.41, 5.74) is 5.79. The Balaban J connectivity index is 1.69. The van der Waals surface area contributed by atoms with Gasteiger partial charge >= 0.3 is 6.18 Å². The zero-order valence-corrected chi connectivity index (χ0v) is 17.7. The highest BCUT2D eigenvalue weighted by molar-refractivity contribution is 5.90. The van der Waals surface area contributed by atoms with Crippen molar-refractivity contribution in [3.63, 3.8) is 0 Å². The largest absolute Gasteiger partial charge is 0.418 e. The highest BCUT2D eigenvalue weighted by atomic mass is 19.4. The Morgan fingerprint density at radius 1 is 1.16 bits per heavy atom. The molecule has 4 heterocycles. The fourth-order valence-electron chi connectivity index (χ4n) is 4.64. The average molecular weight is 432 g/mol. The van der Waals surface area contributed by atoms with E-state index in [2.05, 4.69) is 34.0 Å². The summed E-state index contributed by atoms with van der Waals surface area (Å²) in [5, 5.41) is 7.32. The smallest absolute Gasteiger partial charge is 0.357 e. The number of H-pyrrole nitrogens is 1. The van der Waals surface area contributed by atoms with Gasteiger partial charge in [-0.3, -0.25) is 5.10 Å². The van der Waals surface area contributed by atoms with E-state index >= 15 is 0 Å². The van der Waals surface area contributed by atoms with Crippen molar-refractivity contribution in [3.05, 3.63) is 36.0 Å². The van der Waals surface area contributed by atoms with E-state index in [1.807, 2.05) is 4.90 Å². The van der Waals surface area contributed by atoms with Crippen LogP contribution in [-0.4, -0.2) is 39.8 Å². The molecule has 0 radical (unpaired) electrons. The molecule has 1 aliphatic heterocycles. The van der Waals surface area contributed by atoms with E-state index in [0.29, 0.717) is 42.4 Å². The van der Waals surface area contributed by atoms with Crippen LogP contribution in [0, 0.1) is 11.3 Å². The van der Waals surface area contributed by atoms with E-state index in [0.717, 1.165) is 25.3 Å². The summed E-state index contributed by atoms with van der Waals surface area (Å²) in [6.45, 7) is 6.43. The summed E-state index contributed by atoms with van der Waals surface area (Å²) in [4.78, 5) is 10.6. The molecule has 0 amide bonds. The van der Waals surface area contributed by atoms with E-state index in [4.69, 9.17) is 5.73 Å². The first-order valence-corrected chi connectivity index (χ1v) is 10.6. The molecule has 166 valence electrons. The molecular weight excluding hydrogens is 405 g/mol. The summed E-state index contributed by atoms with van der Waals surface area (Å²) in [7, 11) is 0. The summed E-state index contributed by atoms with van der Waals surface area (Å²) < 4.78 is 41.3. The summed E-state index contributed by atoms with van der Waals surface area (Å²) >= 11 is 0.